The molecule has 2 rings (SSSR count). The molecule has 2 heterocycles. The maximum absolute atomic E-state index is 2.56. The van der Waals surface area contributed by atoms with Gasteiger partial charge in [-0.3, -0.25) is 0 Å². The van der Waals surface area contributed by atoms with Crippen LogP contribution in [0.15, 0.2) is 0 Å². The summed E-state index contributed by atoms with van der Waals surface area (Å²) in [4.78, 5) is 5.12. The zero-order valence-electron chi connectivity index (χ0n) is 15.1. The van der Waals surface area contributed by atoms with Crippen LogP contribution in [0.5, 0.6) is 0 Å². The normalized spacial score (nSPS) is 21.0. The van der Waals surface area contributed by atoms with Crippen LogP contribution in [-0.2, 0) is 0 Å². The van der Waals surface area contributed by atoms with Crippen molar-refractivity contribution in [2.24, 2.45) is 0 Å². The van der Waals surface area contributed by atoms with Gasteiger partial charge in [-0.25, -0.2) is 0 Å². The van der Waals surface area contributed by atoms with Crippen LogP contribution >= 0.6 is 0 Å². The number of hydrogen-bond donors (Lipinski definition) is 0. The Kier molecular flexibility index (Phi) is 12.6. The van der Waals surface area contributed by atoms with E-state index in [1.54, 1.807) is 0 Å². The summed E-state index contributed by atoms with van der Waals surface area (Å²) < 4.78 is 0. The number of piperidine rings is 2. The van der Waals surface area contributed by atoms with Gasteiger partial charge in [-0.05, 0) is 79.6 Å². The third-order valence-electron chi connectivity index (χ3n) is 4.24. The standard InChI is InChI=1S/2C8H17N.C2H6/c2*1-8(2)9-6-4-3-5-7-9;1-2/h2*8H,3-7H2,1-2H3;1-2H3. The first-order valence-electron chi connectivity index (χ1n) is 9.09. The fourth-order valence-electron chi connectivity index (χ4n) is 2.87. The van der Waals surface area contributed by atoms with Crippen LogP contribution in [0.4, 0.5) is 0 Å². The van der Waals surface area contributed by atoms with Crippen molar-refractivity contribution >= 4 is 0 Å². The van der Waals surface area contributed by atoms with Crippen LogP contribution in [-0.4, -0.2) is 48.1 Å². The highest BCUT2D eigenvalue weighted by molar-refractivity contribution is 4.67. The molecular weight excluding hydrogens is 244 g/mol. The minimum Gasteiger partial charge on any atom is -0.301 e. The van der Waals surface area contributed by atoms with Crippen LogP contribution in [0.25, 0.3) is 0 Å². The van der Waals surface area contributed by atoms with Crippen LogP contribution in [0.2, 0.25) is 0 Å². The summed E-state index contributed by atoms with van der Waals surface area (Å²) in [5, 5.41) is 0. The molecule has 0 aromatic carbocycles. The Labute approximate surface area is 128 Å². The molecule has 0 spiro atoms. The second kappa shape index (κ2) is 12.6. The molecule has 0 aromatic heterocycles. The van der Waals surface area contributed by atoms with E-state index in [0.29, 0.717) is 0 Å². The van der Waals surface area contributed by atoms with Crippen molar-refractivity contribution < 1.29 is 0 Å². The highest BCUT2D eigenvalue weighted by Crippen LogP contribution is 2.11. The molecule has 20 heavy (non-hydrogen) atoms. The maximum Gasteiger partial charge on any atom is 0.00385 e. The lowest BCUT2D eigenvalue weighted by molar-refractivity contribution is 0.185. The molecule has 0 atom stereocenters. The molecule has 0 unspecified atom stereocenters. The zero-order chi connectivity index (χ0) is 15.4. The van der Waals surface area contributed by atoms with E-state index in [4.69, 9.17) is 0 Å². The first kappa shape index (κ1) is 19.9. The molecule has 0 N–H and O–H groups in total. The van der Waals surface area contributed by atoms with Crippen molar-refractivity contribution in [3.8, 4) is 0 Å². The lowest BCUT2D eigenvalue weighted by atomic mass is 10.1. The first-order chi connectivity index (χ1) is 9.61. The summed E-state index contributed by atoms with van der Waals surface area (Å²) in [5.41, 5.74) is 0. The van der Waals surface area contributed by atoms with Crippen molar-refractivity contribution in [2.75, 3.05) is 26.2 Å². The molecule has 0 aliphatic carbocycles. The van der Waals surface area contributed by atoms with E-state index in [0.717, 1.165) is 12.1 Å². The molecule has 0 amide bonds. The van der Waals surface area contributed by atoms with Gasteiger partial charge in [0.1, 0.15) is 0 Å². The van der Waals surface area contributed by atoms with Gasteiger partial charge in [0.05, 0.1) is 0 Å². The van der Waals surface area contributed by atoms with E-state index in [1.165, 1.54) is 64.7 Å². The predicted octanol–water partition coefficient (Wildman–Crippen LogP) is 4.79. The van der Waals surface area contributed by atoms with Gasteiger partial charge in [0.25, 0.3) is 0 Å². The van der Waals surface area contributed by atoms with Gasteiger partial charge in [-0.2, -0.15) is 0 Å². The Morgan fingerprint density at radius 2 is 0.750 bits per heavy atom. The number of rotatable bonds is 2. The SMILES string of the molecule is CC.CC(C)N1CCCCC1.CC(C)N1CCCCC1. The fourth-order valence-corrected chi connectivity index (χ4v) is 2.87. The van der Waals surface area contributed by atoms with Crippen LogP contribution in [0.1, 0.15) is 80.1 Å². The molecule has 2 aliphatic heterocycles. The Hall–Kier alpha value is -0.0800. The van der Waals surface area contributed by atoms with Crippen LogP contribution in [0, 0.1) is 0 Å². The average Bonchev–Trinajstić information content (AvgIpc) is 2.51. The summed E-state index contributed by atoms with van der Waals surface area (Å²) in [5.74, 6) is 0. The summed E-state index contributed by atoms with van der Waals surface area (Å²) in [6, 6.07) is 1.54. The molecule has 0 radical (unpaired) electrons. The van der Waals surface area contributed by atoms with Gasteiger partial charge < -0.3 is 9.80 Å². The molecule has 2 saturated heterocycles. The van der Waals surface area contributed by atoms with Crippen LogP contribution < -0.4 is 0 Å². The number of nitrogens with zero attached hydrogens (tertiary/aromatic N) is 2. The monoisotopic (exact) mass is 284 g/mol. The summed E-state index contributed by atoms with van der Waals surface area (Å²) in [7, 11) is 0. The Balaban J connectivity index is 0.000000321. The molecule has 2 nitrogen and oxygen atoms in total. The second-order valence-corrected chi connectivity index (χ2v) is 6.38. The van der Waals surface area contributed by atoms with Crippen molar-refractivity contribution in [3.05, 3.63) is 0 Å². The third kappa shape index (κ3) is 8.97. The predicted molar refractivity (Wildman–Crippen MR) is 92.5 cm³/mol. The lowest BCUT2D eigenvalue weighted by Gasteiger charge is -2.29. The van der Waals surface area contributed by atoms with Crippen molar-refractivity contribution in [3.63, 3.8) is 0 Å². The summed E-state index contributed by atoms with van der Waals surface area (Å²) in [6.07, 6.45) is 8.55. The van der Waals surface area contributed by atoms with Gasteiger partial charge in [-0.1, -0.05) is 26.7 Å². The van der Waals surface area contributed by atoms with Gasteiger partial charge in [0, 0.05) is 12.1 Å². The van der Waals surface area contributed by atoms with Crippen molar-refractivity contribution in [1.29, 1.82) is 0 Å². The Morgan fingerprint density at radius 3 is 0.900 bits per heavy atom. The van der Waals surface area contributed by atoms with Gasteiger partial charge in [0.15, 0.2) is 0 Å². The molecular formula is C18H40N2. The number of likely N-dealkylation sites (tertiary alicyclic amines) is 2. The second-order valence-electron chi connectivity index (χ2n) is 6.38. The molecule has 0 aromatic rings. The molecule has 2 aliphatic rings. The van der Waals surface area contributed by atoms with E-state index in [2.05, 4.69) is 37.5 Å². The minimum absolute atomic E-state index is 0.769. The molecule has 2 fully saturated rings. The van der Waals surface area contributed by atoms with Gasteiger partial charge >= 0.3 is 0 Å². The third-order valence-corrected chi connectivity index (χ3v) is 4.24. The first-order valence-corrected chi connectivity index (χ1v) is 9.09. The average molecular weight is 285 g/mol. The minimum atomic E-state index is 0.769. The van der Waals surface area contributed by atoms with Gasteiger partial charge in [0.2, 0.25) is 0 Å². The quantitative estimate of drug-likeness (QED) is 0.719. The largest absolute Gasteiger partial charge is 0.301 e. The summed E-state index contributed by atoms with van der Waals surface area (Å²) >= 11 is 0. The number of hydrogen-bond acceptors (Lipinski definition) is 2. The van der Waals surface area contributed by atoms with E-state index < -0.39 is 0 Å². The lowest BCUT2D eigenvalue weighted by Crippen LogP contribution is -2.35. The molecule has 122 valence electrons. The maximum atomic E-state index is 2.56. The fraction of sp³-hybridized carbons (Fsp3) is 1.00. The van der Waals surface area contributed by atoms with Crippen LogP contribution in [0.3, 0.4) is 0 Å². The van der Waals surface area contributed by atoms with Gasteiger partial charge in [-0.15, -0.1) is 0 Å². The molecule has 0 saturated carbocycles. The highest BCUT2D eigenvalue weighted by atomic mass is 15.1. The summed E-state index contributed by atoms with van der Waals surface area (Å²) in [6.45, 7) is 18.5. The Morgan fingerprint density at radius 1 is 0.500 bits per heavy atom. The Bertz CT molecular complexity index is 168. The van der Waals surface area contributed by atoms with E-state index in [9.17, 15) is 0 Å². The van der Waals surface area contributed by atoms with E-state index >= 15 is 0 Å². The van der Waals surface area contributed by atoms with E-state index in [1.807, 2.05) is 13.8 Å². The molecule has 2 heteroatoms. The topological polar surface area (TPSA) is 6.48 Å². The smallest absolute Gasteiger partial charge is 0.00385 e. The highest BCUT2D eigenvalue weighted by Gasteiger charge is 2.12. The van der Waals surface area contributed by atoms with Crippen molar-refractivity contribution in [1.82, 2.24) is 9.80 Å². The van der Waals surface area contributed by atoms with Crippen molar-refractivity contribution in [2.45, 2.75) is 92.2 Å². The van der Waals surface area contributed by atoms with E-state index in [-0.39, 0.29) is 0 Å². The molecule has 0 bridgehead atoms. The zero-order valence-corrected chi connectivity index (χ0v) is 15.1.